The van der Waals surface area contributed by atoms with Gasteiger partial charge in [0.25, 0.3) is 20.2 Å². The van der Waals surface area contributed by atoms with E-state index >= 15 is 0 Å². The average Bonchev–Trinajstić information content (AvgIpc) is 1.93. The van der Waals surface area contributed by atoms with Gasteiger partial charge in [0.1, 0.15) is 5.25 Å². The highest BCUT2D eigenvalue weighted by atomic mass is 32.2. The van der Waals surface area contributed by atoms with Crippen LogP contribution >= 0.6 is 0 Å². The largest absolute Gasteiger partial charge is 0.285 e. The van der Waals surface area contributed by atoms with Gasteiger partial charge >= 0.3 is 0 Å². The first-order valence-corrected chi connectivity index (χ1v) is 6.73. The molecule has 1 atom stereocenters. The topological polar surface area (TPSA) is 97.7 Å². The van der Waals surface area contributed by atoms with Crippen molar-refractivity contribution in [2.75, 3.05) is 12.9 Å². The lowest BCUT2D eigenvalue weighted by molar-refractivity contribution is 0.311. The Bertz CT molecular complexity index is 412. The second kappa shape index (κ2) is 4.75. The molecule has 0 aliphatic heterocycles. The van der Waals surface area contributed by atoms with Gasteiger partial charge in [0.05, 0.1) is 12.9 Å². The fraction of sp³-hybridized carbons (Fsp3) is 0.667. The average molecular weight is 242 g/mol. The maximum absolute atomic E-state index is 10.6. The summed E-state index contributed by atoms with van der Waals surface area (Å²) in [5.74, 6) is 2.00. The molecule has 0 bridgehead atoms. The van der Waals surface area contributed by atoms with Gasteiger partial charge in [-0.3, -0.25) is 8.74 Å². The van der Waals surface area contributed by atoms with Crippen LogP contribution in [0.4, 0.5) is 0 Å². The highest BCUT2D eigenvalue weighted by molar-refractivity contribution is 7.87. The van der Waals surface area contributed by atoms with Gasteiger partial charge in [-0.25, -0.2) is 0 Å². The van der Waals surface area contributed by atoms with E-state index in [-0.39, 0.29) is 6.42 Å². The second-order valence-electron chi connectivity index (χ2n) is 2.53. The van der Waals surface area contributed by atoms with Crippen LogP contribution < -0.4 is 0 Å². The van der Waals surface area contributed by atoms with E-state index in [2.05, 4.69) is 4.18 Å². The monoisotopic (exact) mass is 242 g/mol. The van der Waals surface area contributed by atoms with Gasteiger partial charge in [0, 0.05) is 6.42 Å². The summed E-state index contributed by atoms with van der Waals surface area (Å²) < 4.78 is 55.1. The zero-order valence-electron chi connectivity index (χ0n) is 7.37. The Labute approximate surface area is 83.1 Å². The molecular weight excluding hydrogens is 232 g/mol. The summed E-state index contributed by atoms with van der Waals surface area (Å²) in [7, 11) is -8.12. The molecule has 0 rings (SSSR count). The fourth-order valence-electron chi connectivity index (χ4n) is 0.581. The van der Waals surface area contributed by atoms with Crippen molar-refractivity contribution in [1.82, 2.24) is 0 Å². The molecule has 14 heavy (non-hydrogen) atoms. The number of hydrogen-bond donors (Lipinski definition) is 1. The van der Waals surface area contributed by atoms with Crippen molar-refractivity contribution in [3.05, 3.63) is 0 Å². The Morgan fingerprint density at radius 2 is 1.93 bits per heavy atom. The first kappa shape index (κ1) is 13.4. The van der Waals surface area contributed by atoms with Gasteiger partial charge < -0.3 is 0 Å². The molecule has 0 fully saturated rings. The van der Waals surface area contributed by atoms with Gasteiger partial charge in [-0.2, -0.15) is 16.8 Å². The molecule has 0 spiro atoms. The van der Waals surface area contributed by atoms with Crippen LogP contribution in [-0.4, -0.2) is 39.5 Å². The lowest BCUT2D eigenvalue weighted by Crippen LogP contribution is -2.27. The summed E-state index contributed by atoms with van der Waals surface area (Å²) in [6.07, 6.45) is 5.29. The van der Waals surface area contributed by atoms with Crippen LogP contribution in [0, 0.1) is 12.3 Å². The van der Waals surface area contributed by atoms with Crippen LogP contribution in [0.3, 0.4) is 0 Å². The van der Waals surface area contributed by atoms with Gasteiger partial charge in [-0.15, -0.1) is 12.3 Å². The summed E-state index contributed by atoms with van der Waals surface area (Å²) in [5, 5.41) is -1.41. The van der Waals surface area contributed by atoms with E-state index in [4.69, 9.17) is 11.0 Å². The first-order chi connectivity index (χ1) is 6.17. The van der Waals surface area contributed by atoms with Crippen LogP contribution in [0.2, 0.25) is 0 Å². The third-order valence-electron chi connectivity index (χ3n) is 1.23. The fourth-order valence-corrected chi connectivity index (χ4v) is 1.63. The molecule has 0 aliphatic rings. The van der Waals surface area contributed by atoms with Gasteiger partial charge in [0.2, 0.25) is 0 Å². The zero-order chi connectivity index (χ0) is 11.4. The van der Waals surface area contributed by atoms with E-state index in [0.29, 0.717) is 0 Å². The molecule has 8 heteroatoms. The van der Waals surface area contributed by atoms with Crippen molar-refractivity contribution in [3.63, 3.8) is 0 Å². The smallest absolute Gasteiger partial charge is 0.271 e. The van der Waals surface area contributed by atoms with Gasteiger partial charge in [0.15, 0.2) is 0 Å². The summed E-state index contributed by atoms with van der Waals surface area (Å²) in [6, 6.07) is 0. The molecule has 0 aromatic carbocycles. The number of rotatable bonds is 5. The standard InChI is InChI=1S/C6H10O6S2/c1-3-4-6(14(9,10)11)5-12-13(2,7)8/h1,6H,4-5H2,2H3,(H,9,10,11). The van der Waals surface area contributed by atoms with Crippen molar-refractivity contribution in [2.24, 2.45) is 0 Å². The van der Waals surface area contributed by atoms with Crippen molar-refractivity contribution in [1.29, 1.82) is 0 Å². The lowest BCUT2D eigenvalue weighted by Gasteiger charge is -2.09. The lowest BCUT2D eigenvalue weighted by atomic mass is 10.3. The summed E-state index contributed by atoms with van der Waals surface area (Å²) in [5.41, 5.74) is 0. The molecule has 1 N–H and O–H groups in total. The molecule has 0 saturated carbocycles. The molecule has 0 radical (unpaired) electrons. The minimum absolute atomic E-state index is 0.311. The van der Waals surface area contributed by atoms with Gasteiger partial charge in [-0.05, 0) is 0 Å². The molecule has 0 amide bonds. The quantitative estimate of drug-likeness (QED) is 0.386. The molecule has 1 unspecified atom stereocenters. The number of hydrogen-bond acceptors (Lipinski definition) is 5. The normalized spacial score (nSPS) is 14.6. The highest BCUT2D eigenvalue weighted by Crippen LogP contribution is 2.05. The number of terminal acetylenes is 1. The predicted octanol–water partition coefficient (Wildman–Crippen LogP) is -0.758. The molecule has 0 aromatic heterocycles. The van der Waals surface area contributed by atoms with E-state index in [1.54, 1.807) is 0 Å². The Morgan fingerprint density at radius 1 is 1.43 bits per heavy atom. The minimum Gasteiger partial charge on any atom is -0.285 e. The second-order valence-corrected chi connectivity index (χ2v) is 5.87. The van der Waals surface area contributed by atoms with Crippen LogP contribution in [0.1, 0.15) is 6.42 Å². The van der Waals surface area contributed by atoms with E-state index < -0.39 is 32.1 Å². The van der Waals surface area contributed by atoms with Crippen LogP contribution in [0.5, 0.6) is 0 Å². The van der Waals surface area contributed by atoms with Crippen molar-refractivity contribution < 1.29 is 25.6 Å². The van der Waals surface area contributed by atoms with E-state index in [1.807, 2.05) is 5.92 Å². The summed E-state index contributed by atoms with van der Waals surface area (Å²) in [4.78, 5) is 0. The Balaban J connectivity index is 4.51. The molecule has 6 nitrogen and oxygen atoms in total. The van der Waals surface area contributed by atoms with E-state index in [9.17, 15) is 16.8 Å². The van der Waals surface area contributed by atoms with Crippen LogP contribution in [0.15, 0.2) is 0 Å². The van der Waals surface area contributed by atoms with Crippen LogP contribution in [0.25, 0.3) is 0 Å². The van der Waals surface area contributed by atoms with Crippen molar-refractivity contribution in [3.8, 4) is 12.3 Å². The highest BCUT2D eigenvalue weighted by Gasteiger charge is 2.23. The summed E-state index contributed by atoms with van der Waals surface area (Å²) >= 11 is 0. The predicted molar refractivity (Wildman–Crippen MR) is 49.6 cm³/mol. The molecule has 0 heterocycles. The SMILES string of the molecule is C#CCC(COS(C)(=O)=O)S(=O)(=O)O. The summed E-state index contributed by atoms with van der Waals surface area (Å²) in [6.45, 7) is -0.679. The van der Waals surface area contributed by atoms with E-state index in [1.165, 1.54) is 0 Å². The van der Waals surface area contributed by atoms with E-state index in [0.717, 1.165) is 6.26 Å². The maximum Gasteiger partial charge on any atom is 0.271 e. The third kappa shape index (κ3) is 5.93. The molecule has 0 aliphatic carbocycles. The van der Waals surface area contributed by atoms with Crippen LogP contribution in [-0.2, 0) is 24.4 Å². The minimum atomic E-state index is -4.38. The van der Waals surface area contributed by atoms with Crippen molar-refractivity contribution >= 4 is 20.2 Å². The molecular formula is C6H10O6S2. The Hall–Kier alpha value is -0.620. The Morgan fingerprint density at radius 3 is 2.21 bits per heavy atom. The van der Waals surface area contributed by atoms with Gasteiger partial charge in [-0.1, -0.05) is 0 Å². The molecule has 0 aromatic rings. The zero-order valence-corrected chi connectivity index (χ0v) is 9.01. The maximum atomic E-state index is 10.6. The Kier molecular flexibility index (Phi) is 4.54. The third-order valence-corrected chi connectivity index (χ3v) is 2.94. The first-order valence-electron chi connectivity index (χ1n) is 3.41. The molecule has 82 valence electrons. The molecule has 0 saturated heterocycles. The van der Waals surface area contributed by atoms with Crippen molar-refractivity contribution in [2.45, 2.75) is 11.7 Å².